The molecule has 0 aliphatic carbocycles. The first kappa shape index (κ1) is 24.3. The van der Waals surface area contributed by atoms with E-state index in [4.69, 9.17) is 14.2 Å². The highest BCUT2D eigenvalue weighted by molar-refractivity contribution is 6.36. The van der Waals surface area contributed by atoms with E-state index >= 15 is 0 Å². The van der Waals surface area contributed by atoms with Crippen molar-refractivity contribution >= 4 is 23.1 Å². The molecule has 0 spiro atoms. The van der Waals surface area contributed by atoms with E-state index < -0.39 is 0 Å². The van der Waals surface area contributed by atoms with Crippen LogP contribution in [0, 0.1) is 5.92 Å². The summed E-state index contributed by atoms with van der Waals surface area (Å²) in [6.07, 6.45) is 0.562. The fraction of sp³-hybridized carbons (Fsp3) is 0.385. The molecule has 0 bridgehead atoms. The lowest BCUT2D eigenvalue weighted by molar-refractivity contribution is -0.136. The van der Waals surface area contributed by atoms with Crippen molar-refractivity contribution in [2.45, 2.75) is 27.2 Å². The van der Waals surface area contributed by atoms with Gasteiger partial charge in [-0.2, -0.15) is 0 Å². The summed E-state index contributed by atoms with van der Waals surface area (Å²) in [5, 5.41) is 3.18. The first-order valence-corrected chi connectivity index (χ1v) is 11.3. The Morgan fingerprint density at radius 2 is 1.70 bits per heavy atom. The average molecular weight is 453 g/mol. The van der Waals surface area contributed by atoms with Gasteiger partial charge >= 0.3 is 0 Å². The summed E-state index contributed by atoms with van der Waals surface area (Å²) < 4.78 is 16.5. The molecule has 7 heteroatoms. The predicted molar refractivity (Wildman–Crippen MR) is 128 cm³/mol. The number of nitrogens with one attached hydrogen (secondary N) is 1. The van der Waals surface area contributed by atoms with Crippen LogP contribution in [-0.2, 0) is 14.3 Å². The van der Waals surface area contributed by atoms with Gasteiger partial charge in [0, 0.05) is 20.3 Å². The number of imide groups is 1. The fourth-order valence-electron chi connectivity index (χ4n) is 3.50. The average Bonchev–Trinajstić information content (AvgIpc) is 3.04. The number of anilines is 1. The normalized spacial score (nSPS) is 13.8. The lowest BCUT2D eigenvalue weighted by Gasteiger charge is -2.15. The summed E-state index contributed by atoms with van der Waals surface area (Å²) >= 11 is 0. The molecule has 0 unspecified atom stereocenters. The van der Waals surface area contributed by atoms with Gasteiger partial charge in [0.1, 0.15) is 17.2 Å². The maximum Gasteiger partial charge on any atom is 0.278 e. The summed E-state index contributed by atoms with van der Waals surface area (Å²) in [6.45, 7) is 7.89. The molecule has 0 atom stereocenters. The zero-order valence-corrected chi connectivity index (χ0v) is 19.7. The fourth-order valence-corrected chi connectivity index (χ4v) is 3.50. The second-order valence-corrected chi connectivity index (χ2v) is 8.14. The summed E-state index contributed by atoms with van der Waals surface area (Å²) in [4.78, 5) is 27.9. The number of methoxy groups -OCH3 is 1. The van der Waals surface area contributed by atoms with Crippen molar-refractivity contribution in [3.8, 4) is 11.5 Å². The standard InChI is InChI=1S/C26H32N2O5/c1-5-32-22-10-7-6-9-21(22)27-24-23(25(29)28(26(24)30)15-8-16-31-4)19-11-13-20(14-12-19)33-17-18(2)3/h6-7,9-14,18,27H,5,8,15-17H2,1-4H3. The van der Waals surface area contributed by atoms with Crippen molar-refractivity contribution < 1.29 is 23.8 Å². The summed E-state index contributed by atoms with van der Waals surface area (Å²) in [7, 11) is 1.60. The van der Waals surface area contributed by atoms with Crippen LogP contribution < -0.4 is 14.8 Å². The van der Waals surface area contributed by atoms with Crippen LogP contribution in [0.5, 0.6) is 11.5 Å². The number of benzene rings is 2. The van der Waals surface area contributed by atoms with Gasteiger partial charge in [-0.15, -0.1) is 0 Å². The summed E-state index contributed by atoms with van der Waals surface area (Å²) in [6, 6.07) is 14.6. The van der Waals surface area contributed by atoms with Crippen molar-refractivity contribution in [1.29, 1.82) is 0 Å². The van der Waals surface area contributed by atoms with E-state index in [0.29, 0.717) is 54.7 Å². The van der Waals surface area contributed by atoms with Crippen LogP contribution in [0.1, 0.15) is 32.8 Å². The number of carbonyl (C=O) groups excluding carboxylic acids is 2. The number of rotatable bonds is 12. The Morgan fingerprint density at radius 1 is 0.970 bits per heavy atom. The predicted octanol–water partition coefficient (Wildman–Crippen LogP) is 4.35. The van der Waals surface area contributed by atoms with Crippen LogP contribution in [0.2, 0.25) is 0 Å². The SMILES string of the molecule is CCOc1ccccc1NC1=C(c2ccc(OCC(C)C)cc2)C(=O)N(CCCOC)C1=O. The molecule has 0 saturated heterocycles. The van der Waals surface area contributed by atoms with E-state index in [1.54, 1.807) is 7.11 Å². The van der Waals surface area contributed by atoms with Crippen LogP contribution in [0.15, 0.2) is 54.2 Å². The molecule has 176 valence electrons. The van der Waals surface area contributed by atoms with Gasteiger partial charge in [-0.1, -0.05) is 38.1 Å². The summed E-state index contributed by atoms with van der Waals surface area (Å²) in [5.74, 6) is 1.05. The zero-order chi connectivity index (χ0) is 23.8. The molecular formula is C26H32N2O5. The first-order chi connectivity index (χ1) is 16.0. The van der Waals surface area contributed by atoms with Crippen LogP contribution in [-0.4, -0.2) is 50.2 Å². The van der Waals surface area contributed by atoms with Gasteiger partial charge in [0.05, 0.1) is 24.5 Å². The van der Waals surface area contributed by atoms with E-state index in [0.717, 1.165) is 5.75 Å². The minimum Gasteiger partial charge on any atom is -0.493 e. The van der Waals surface area contributed by atoms with Gasteiger partial charge in [0.2, 0.25) is 0 Å². The van der Waals surface area contributed by atoms with Crippen molar-refractivity contribution in [2.24, 2.45) is 5.92 Å². The maximum absolute atomic E-state index is 13.3. The highest BCUT2D eigenvalue weighted by atomic mass is 16.5. The minimum atomic E-state index is -0.363. The number of para-hydroxylation sites is 2. The van der Waals surface area contributed by atoms with Gasteiger partial charge in [-0.25, -0.2) is 0 Å². The zero-order valence-electron chi connectivity index (χ0n) is 19.7. The molecule has 33 heavy (non-hydrogen) atoms. The molecule has 0 aromatic heterocycles. The Morgan fingerprint density at radius 3 is 2.36 bits per heavy atom. The second-order valence-electron chi connectivity index (χ2n) is 8.14. The number of carbonyl (C=O) groups is 2. The van der Waals surface area contributed by atoms with E-state index in [1.165, 1.54) is 4.90 Å². The van der Waals surface area contributed by atoms with E-state index in [-0.39, 0.29) is 24.1 Å². The molecule has 3 rings (SSSR count). The lowest BCUT2D eigenvalue weighted by Crippen LogP contribution is -2.33. The van der Waals surface area contributed by atoms with Crippen LogP contribution >= 0.6 is 0 Å². The van der Waals surface area contributed by atoms with Gasteiger partial charge < -0.3 is 19.5 Å². The number of ether oxygens (including phenoxy) is 3. The Kier molecular flexibility index (Phi) is 8.49. The molecule has 0 saturated carbocycles. The molecule has 0 fully saturated rings. The number of hydrogen-bond acceptors (Lipinski definition) is 6. The second kappa shape index (κ2) is 11.5. The lowest BCUT2D eigenvalue weighted by atomic mass is 10.0. The molecular weight excluding hydrogens is 420 g/mol. The molecule has 1 aliphatic rings. The van der Waals surface area contributed by atoms with Crippen molar-refractivity contribution in [3.63, 3.8) is 0 Å². The molecule has 7 nitrogen and oxygen atoms in total. The third-order valence-corrected chi connectivity index (χ3v) is 5.07. The highest BCUT2D eigenvalue weighted by Gasteiger charge is 2.39. The van der Waals surface area contributed by atoms with Crippen molar-refractivity contribution in [2.75, 3.05) is 38.8 Å². The number of nitrogens with zero attached hydrogens (tertiary/aromatic N) is 1. The topological polar surface area (TPSA) is 77.1 Å². The molecule has 1 aliphatic heterocycles. The van der Waals surface area contributed by atoms with Crippen molar-refractivity contribution in [3.05, 3.63) is 59.8 Å². The van der Waals surface area contributed by atoms with Crippen molar-refractivity contribution in [1.82, 2.24) is 4.90 Å². The van der Waals surface area contributed by atoms with Gasteiger partial charge in [-0.3, -0.25) is 14.5 Å². The molecule has 2 aromatic carbocycles. The number of amides is 2. The third kappa shape index (κ3) is 5.93. The largest absolute Gasteiger partial charge is 0.493 e. The smallest absolute Gasteiger partial charge is 0.278 e. The Balaban J connectivity index is 1.96. The molecule has 1 heterocycles. The number of hydrogen-bond donors (Lipinski definition) is 1. The Bertz CT molecular complexity index is 998. The molecule has 1 N–H and O–H groups in total. The first-order valence-electron chi connectivity index (χ1n) is 11.3. The van der Waals surface area contributed by atoms with Gasteiger partial charge in [-0.05, 0) is 49.1 Å². The highest BCUT2D eigenvalue weighted by Crippen LogP contribution is 2.34. The monoisotopic (exact) mass is 452 g/mol. The van der Waals surface area contributed by atoms with Gasteiger partial charge in [0.25, 0.3) is 11.8 Å². The molecule has 0 radical (unpaired) electrons. The Labute approximate surface area is 195 Å². The quantitative estimate of drug-likeness (QED) is 0.381. The summed E-state index contributed by atoms with van der Waals surface area (Å²) in [5.41, 5.74) is 1.85. The van der Waals surface area contributed by atoms with E-state index in [9.17, 15) is 9.59 Å². The van der Waals surface area contributed by atoms with Crippen LogP contribution in [0.4, 0.5) is 5.69 Å². The molecule has 2 aromatic rings. The van der Waals surface area contributed by atoms with Crippen LogP contribution in [0.25, 0.3) is 5.57 Å². The van der Waals surface area contributed by atoms with E-state index in [2.05, 4.69) is 19.2 Å². The van der Waals surface area contributed by atoms with Crippen LogP contribution in [0.3, 0.4) is 0 Å². The maximum atomic E-state index is 13.3. The minimum absolute atomic E-state index is 0.236. The third-order valence-electron chi connectivity index (χ3n) is 5.07. The Hall–Kier alpha value is -3.32. The van der Waals surface area contributed by atoms with Gasteiger partial charge in [0.15, 0.2) is 0 Å². The molecule has 2 amide bonds. The van der Waals surface area contributed by atoms with E-state index in [1.807, 2.05) is 55.5 Å².